The number of hydrogen-bond acceptors (Lipinski definition) is 5. The lowest BCUT2D eigenvalue weighted by Crippen LogP contribution is -2.55. The van der Waals surface area contributed by atoms with Gasteiger partial charge in [-0.25, -0.2) is 4.98 Å². The number of nitrogens with zero attached hydrogens (tertiary/aromatic N) is 2. The molecule has 1 fully saturated rings. The number of pyridine rings is 1. The Hall–Kier alpha value is -1.87. The first-order valence-electron chi connectivity index (χ1n) is 7.12. The molecule has 1 amide bonds. The molecule has 9 heteroatoms. The molecule has 1 aliphatic heterocycles. The van der Waals surface area contributed by atoms with Gasteiger partial charge in [-0.15, -0.1) is 0 Å². The van der Waals surface area contributed by atoms with Gasteiger partial charge in [-0.05, 0) is 25.0 Å². The first kappa shape index (κ1) is 17.5. The highest BCUT2D eigenvalue weighted by Gasteiger charge is 2.41. The molecule has 4 N–H and O–H groups in total. The number of hydrogen-bond donors (Lipinski definition) is 3. The Morgan fingerprint density at radius 1 is 1.52 bits per heavy atom. The fourth-order valence-electron chi connectivity index (χ4n) is 2.61. The number of aromatic nitrogens is 1. The van der Waals surface area contributed by atoms with E-state index in [-0.39, 0.29) is 30.9 Å². The molecule has 0 radical (unpaired) electrons. The number of piperidine rings is 1. The number of amides is 1. The van der Waals surface area contributed by atoms with Crippen LogP contribution in [0.15, 0.2) is 12.1 Å². The fourth-order valence-corrected chi connectivity index (χ4v) is 2.61. The number of carbonyl (C=O) groups excluding carboxylic acids is 1. The Kier molecular flexibility index (Phi) is 4.54. The van der Waals surface area contributed by atoms with E-state index >= 15 is 0 Å². The van der Waals surface area contributed by atoms with E-state index < -0.39 is 29.5 Å². The van der Waals surface area contributed by atoms with E-state index in [0.717, 1.165) is 6.07 Å². The van der Waals surface area contributed by atoms with Crippen LogP contribution in [0.4, 0.5) is 19.0 Å². The number of primary amides is 1. The lowest BCUT2D eigenvalue weighted by atomic mass is 9.86. The van der Waals surface area contributed by atoms with Crippen LogP contribution in [0.2, 0.25) is 0 Å². The zero-order valence-electron chi connectivity index (χ0n) is 12.5. The summed E-state index contributed by atoms with van der Waals surface area (Å²) in [4.78, 5) is 16.3. The van der Waals surface area contributed by atoms with Crippen LogP contribution in [0.3, 0.4) is 0 Å². The summed E-state index contributed by atoms with van der Waals surface area (Å²) < 4.78 is 38.5. The Bertz CT molecular complexity index is 609. The van der Waals surface area contributed by atoms with E-state index in [2.05, 4.69) is 4.98 Å². The second kappa shape index (κ2) is 5.97. The normalized spacial score (nSPS) is 25.5. The van der Waals surface area contributed by atoms with Crippen molar-refractivity contribution in [2.45, 2.75) is 37.6 Å². The van der Waals surface area contributed by atoms with Gasteiger partial charge < -0.3 is 20.8 Å². The predicted molar refractivity (Wildman–Crippen MR) is 75.8 cm³/mol. The smallest absolute Gasteiger partial charge is 0.388 e. The molecule has 1 aromatic heterocycles. The summed E-state index contributed by atoms with van der Waals surface area (Å²) in [7, 11) is 0. The van der Waals surface area contributed by atoms with Crippen LogP contribution >= 0.6 is 0 Å². The third kappa shape index (κ3) is 3.40. The lowest BCUT2D eigenvalue weighted by molar-refractivity contribution is -0.141. The van der Waals surface area contributed by atoms with Crippen molar-refractivity contribution in [3.05, 3.63) is 23.4 Å². The van der Waals surface area contributed by atoms with Gasteiger partial charge in [0.2, 0.25) is 0 Å². The Balaban J connectivity index is 2.40. The molecule has 128 valence electrons. The first-order chi connectivity index (χ1) is 10.6. The molecule has 2 heterocycles. The van der Waals surface area contributed by atoms with Crippen molar-refractivity contribution in [1.29, 1.82) is 0 Å². The minimum atomic E-state index is -4.66. The van der Waals surface area contributed by atoms with E-state index in [1.165, 1.54) is 4.90 Å². The maximum absolute atomic E-state index is 12.8. The second-order valence-electron chi connectivity index (χ2n) is 5.60. The van der Waals surface area contributed by atoms with Crippen LogP contribution in [-0.4, -0.2) is 45.9 Å². The molecular weight excluding hydrogens is 315 g/mol. The lowest BCUT2D eigenvalue weighted by Gasteiger charge is -2.42. The van der Waals surface area contributed by atoms with Crippen molar-refractivity contribution in [2.24, 2.45) is 5.73 Å². The van der Waals surface area contributed by atoms with Gasteiger partial charge in [-0.3, -0.25) is 4.79 Å². The molecule has 23 heavy (non-hydrogen) atoms. The summed E-state index contributed by atoms with van der Waals surface area (Å²) >= 11 is 0. The Labute approximate surface area is 130 Å². The summed E-state index contributed by atoms with van der Waals surface area (Å²) in [5.74, 6) is -1.14. The zero-order chi connectivity index (χ0) is 17.4. The molecule has 1 saturated heterocycles. The molecule has 2 atom stereocenters. The van der Waals surface area contributed by atoms with Crippen molar-refractivity contribution < 1.29 is 28.2 Å². The number of carbonyl (C=O) groups is 1. The highest BCUT2D eigenvalue weighted by molar-refractivity contribution is 5.97. The van der Waals surface area contributed by atoms with Gasteiger partial charge in [0.1, 0.15) is 17.6 Å². The highest BCUT2D eigenvalue weighted by atomic mass is 19.4. The SMILES string of the molecule is CC[C@@]1(O)CCN(c2nc(C(F)(F)F)ccc2C(N)=O)C[C@H]1O. The summed E-state index contributed by atoms with van der Waals surface area (Å²) in [6.45, 7) is 1.71. The number of rotatable bonds is 3. The summed E-state index contributed by atoms with van der Waals surface area (Å²) in [6.07, 6.45) is -5.39. The van der Waals surface area contributed by atoms with Crippen LogP contribution in [0.1, 0.15) is 35.8 Å². The van der Waals surface area contributed by atoms with Gasteiger partial charge in [-0.2, -0.15) is 13.2 Å². The van der Waals surface area contributed by atoms with Gasteiger partial charge in [-0.1, -0.05) is 6.92 Å². The van der Waals surface area contributed by atoms with E-state index in [4.69, 9.17) is 5.73 Å². The Morgan fingerprint density at radius 2 is 2.17 bits per heavy atom. The van der Waals surface area contributed by atoms with Gasteiger partial charge >= 0.3 is 6.18 Å². The molecular formula is C14H18F3N3O3. The maximum Gasteiger partial charge on any atom is 0.433 e. The van der Waals surface area contributed by atoms with Crippen LogP contribution in [0.5, 0.6) is 0 Å². The number of β-amino-alcohol motifs (C(OH)–C–C–N with tert-alkyl or cyclic N) is 1. The average molecular weight is 333 g/mol. The highest BCUT2D eigenvalue weighted by Crippen LogP contribution is 2.33. The average Bonchev–Trinajstić information content (AvgIpc) is 2.48. The number of anilines is 1. The molecule has 0 aliphatic carbocycles. The zero-order valence-corrected chi connectivity index (χ0v) is 12.5. The Morgan fingerprint density at radius 3 is 2.65 bits per heavy atom. The van der Waals surface area contributed by atoms with E-state index in [1.807, 2.05) is 0 Å². The molecule has 2 rings (SSSR count). The van der Waals surface area contributed by atoms with Crippen molar-refractivity contribution in [1.82, 2.24) is 4.98 Å². The molecule has 0 unspecified atom stereocenters. The molecule has 0 spiro atoms. The first-order valence-corrected chi connectivity index (χ1v) is 7.12. The number of alkyl halides is 3. The fraction of sp³-hybridized carbons (Fsp3) is 0.571. The maximum atomic E-state index is 12.8. The van der Waals surface area contributed by atoms with Gasteiger partial charge in [0.15, 0.2) is 0 Å². The number of aliphatic hydroxyl groups is 2. The number of halogens is 3. The molecule has 1 aromatic rings. The van der Waals surface area contributed by atoms with Crippen molar-refractivity contribution in [2.75, 3.05) is 18.0 Å². The molecule has 6 nitrogen and oxygen atoms in total. The minimum absolute atomic E-state index is 0.140. The molecule has 1 aliphatic rings. The van der Waals surface area contributed by atoms with Crippen LogP contribution in [0, 0.1) is 0 Å². The molecule has 0 saturated carbocycles. The van der Waals surface area contributed by atoms with Crippen LogP contribution in [-0.2, 0) is 6.18 Å². The van der Waals surface area contributed by atoms with Crippen LogP contribution < -0.4 is 10.6 Å². The quantitative estimate of drug-likeness (QED) is 0.763. The van der Waals surface area contributed by atoms with E-state index in [1.54, 1.807) is 6.92 Å². The van der Waals surface area contributed by atoms with Crippen LogP contribution in [0.25, 0.3) is 0 Å². The topological polar surface area (TPSA) is 99.7 Å². The third-order valence-electron chi connectivity index (χ3n) is 4.17. The van der Waals surface area contributed by atoms with Gasteiger partial charge in [0.25, 0.3) is 5.91 Å². The predicted octanol–water partition coefficient (Wildman–Crippen LogP) is 0.911. The van der Waals surface area contributed by atoms with E-state index in [9.17, 15) is 28.2 Å². The summed E-state index contributed by atoms with van der Waals surface area (Å²) in [6, 6.07) is 1.66. The summed E-state index contributed by atoms with van der Waals surface area (Å²) in [5.41, 5.74) is 2.59. The summed E-state index contributed by atoms with van der Waals surface area (Å²) in [5, 5.41) is 20.3. The molecule has 0 bridgehead atoms. The van der Waals surface area contributed by atoms with Crippen molar-refractivity contribution in [3.8, 4) is 0 Å². The standard InChI is InChI=1S/C14H18F3N3O3/c1-2-13(23)5-6-20(7-10(13)21)12-8(11(18)22)3-4-9(19-12)14(15,16)17/h3-4,10,21,23H,2,5-7H2,1H3,(H2,18,22)/t10-,13-/m1/s1. The second-order valence-corrected chi connectivity index (χ2v) is 5.60. The minimum Gasteiger partial charge on any atom is -0.388 e. The molecule has 0 aromatic carbocycles. The van der Waals surface area contributed by atoms with Gasteiger partial charge in [0, 0.05) is 13.1 Å². The number of aliphatic hydroxyl groups excluding tert-OH is 1. The van der Waals surface area contributed by atoms with Crippen molar-refractivity contribution in [3.63, 3.8) is 0 Å². The van der Waals surface area contributed by atoms with E-state index in [0.29, 0.717) is 12.5 Å². The van der Waals surface area contributed by atoms with Gasteiger partial charge in [0.05, 0.1) is 11.2 Å². The van der Waals surface area contributed by atoms with Crippen molar-refractivity contribution >= 4 is 11.7 Å². The monoisotopic (exact) mass is 333 g/mol. The third-order valence-corrected chi connectivity index (χ3v) is 4.17. The largest absolute Gasteiger partial charge is 0.433 e. The number of nitrogens with two attached hydrogens (primary N) is 1.